The number of aromatic amines is 1. The van der Waals surface area contributed by atoms with Crippen molar-refractivity contribution in [2.75, 3.05) is 21.3 Å². The number of nitrogens with one attached hydrogen (secondary N) is 2. The second-order valence-corrected chi connectivity index (χ2v) is 6.84. The van der Waals surface area contributed by atoms with Gasteiger partial charge in [-0.25, -0.2) is 5.43 Å². The Morgan fingerprint density at radius 2 is 1.90 bits per heavy atom. The number of carbonyl (C=O) groups excluding carboxylic acids is 1. The maximum Gasteiger partial charge on any atom is 0.289 e. The predicted molar refractivity (Wildman–Crippen MR) is 115 cm³/mol. The number of aromatic hydroxyl groups is 1. The minimum Gasteiger partial charge on any atom is -0.503 e. The highest BCUT2D eigenvalue weighted by molar-refractivity contribution is 9.10. The van der Waals surface area contributed by atoms with E-state index in [0.717, 1.165) is 0 Å². The van der Waals surface area contributed by atoms with Gasteiger partial charge < -0.3 is 19.3 Å². The summed E-state index contributed by atoms with van der Waals surface area (Å²) in [5, 5.41) is 20.6. The number of nitrogens with zero attached hydrogens (tertiary/aromatic N) is 2. The molecule has 0 saturated carbocycles. The summed E-state index contributed by atoms with van der Waals surface area (Å²) in [5.74, 6) is 1.02. The van der Waals surface area contributed by atoms with Crippen LogP contribution in [0.3, 0.4) is 0 Å². The van der Waals surface area contributed by atoms with Gasteiger partial charge in [-0.15, -0.1) is 0 Å². The molecule has 0 spiro atoms. The highest BCUT2D eigenvalue weighted by Crippen LogP contribution is 2.35. The van der Waals surface area contributed by atoms with Gasteiger partial charge in [0.25, 0.3) is 5.91 Å². The number of hydrogen-bond donors (Lipinski definition) is 3. The van der Waals surface area contributed by atoms with Crippen LogP contribution in [0.2, 0.25) is 0 Å². The Kier molecular flexibility index (Phi) is 6.58. The van der Waals surface area contributed by atoms with E-state index in [0.29, 0.717) is 32.8 Å². The van der Waals surface area contributed by atoms with Crippen LogP contribution in [0.15, 0.2) is 46.0 Å². The highest BCUT2D eigenvalue weighted by Gasteiger charge is 2.15. The van der Waals surface area contributed by atoms with Gasteiger partial charge in [0, 0.05) is 5.56 Å². The summed E-state index contributed by atoms with van der Waals surface area (Å²) in [6.45, 7) is 0. The Morgan fingerprint density at radius 3 is 2.60 bits per heavy atom. The van der Waals surface area contributed by atoms with Gasteiger partial charge in [-0.05, 0) is 57.9 Å². The topological polar surface area (TPSA) is 118 Å². The average molecular weight is 475 g/mol. The molecule has 156 valence electrons. The molecule has 2 aromatic carbocycles. The zero-order chi connectivity index (χ0) is 21.7. The number of H-pyrrole nitrogens is 1. The number of carbonyl (C=O) groups is 1. The highest BCUT2D eigenvalue weighted by atomic mass is 79.9. The fourth-order valence-electron chi connectivity index (χ4n) is 2.64. The summed E-state index contributed by atoms with van der Waals surface area (Å²) < 4.78 is 16.1. The quantitative estimate of drug-likeness (QED) is 0.357. The summed E-state index contributed by atoms with van der Waals surface area (Å²) in [7, 11) is 4.56. The average Bonchev–Trinajstić information content (AvgIpc) is 3.25. The van der Waals surface area contributed by atoms with Gasteiger partial charge in [0.1, 0.15) is 17.2 Å². The molecule has 0 aliphatic carbocycles. The SMILES string of the molecule is COc1ccc(OC)c(-c2cc(C(=O)NN=Cc3cc(Br)c(O)c(OC)c3)[nH]n2)c1. The van der Waals surface area contributed by atoms with Crippen molar-refractivity contribution >= 4 is 28.1 Å². The zero-order valence-electron chi connectivity index (χ0n) is 16.4. The van der Waals surface area contributed by atoms with E-state index < -0.39 is 5.91 Å². The van der Waals surface area contributed by atoms with Gasteiger partial charge >= 0.3 is 0 Å². The zero-order valence-corrected chi connectivity index (χ0v) is 18.0. The van der Waals surface area contributed by atoms with Gasteiger partial charge in [0.05, 0.1) is 37.7 Å². The van der Waals surface area contributed by atoms with Crippen molar-refractivity contribution in [3.8, 4) is 34.3 Å². The van der Waals surface area contributed by atoms with Gasteiger partial charge in [0.2, 0.25) is 0 Å². The number of methoxy groups -OCH3 is 3. The van der Waals surface area contributed by atoms with Crippen molar-refractivity contribution in [3.63, 3.8) is 0 Å². The number of rotatable bonds is 7. The first-order valence-corrected chi connectivity index (χ1v) is 9.43. The van der Waals surface area contributed by atoms with Crippen molar-refractivity contribution in [1.82, 2.24) is 15.6 Å². The number of hydrazone groups is 1. The number of amides is 1. The third-order valence-corrected chi connectivity index (χ3v) is 4.76. The minimum atomic E-state index is -0.475. The Labute approximate surface area is 180 Å². The Morgan fingerprint density at radius 1 is 1.13 bits per heavy atom. The van der Waals surface area contributed by atoms with Crippen LogP contribution in [-0.2, 0) is 0 Å². The lowest BCUT2D eigenvalue weighted by Gasteiger charge is -2.08. The molecule has 30 heavy (non-hydrogen) atoms. The Balaban J connectivity index is 1.75. The van der Waals surface area contributed by atoms with Gasteiger partial charge in [-0.3, -0.25) is 9.89 Å². The molecule has 0 atom stereocenters. The van der Waals surface area contributed by atoms with E-state index in [1.165, 1.54) is 13.3 Å². The fourth-order valence-corrected chi connectivity index (χ4v) is 3.10. The molecule has 1 aromatic heterocycles. The maximum atomic E-state index is 12.4. The van der Waals surface area contributed by atoms with Gasteiger partial charge in [-0.1, -0.05) is 0 Å². The molecule has 0 radical (unpaired) electrons. The monoisotopic (exact) mass is 474 g/mol. The van der Waals surface area contributed by atoms with Crippen molar-refractivity contribution in [3.05, 3.63) is 52.1 Å². The van der Waals surface area contributed by atoms with E-state index in [1.54, 1.807) is 50.6 Å². The van der Waals surface area contributed by atoms with Crippen molar-refractivity contribution in [2.45, 2.75) is 0 Å². The molecule has 0 bridgehead atoms. The lowest BCUT2D eigenvalue weighted by Crippen LogP contribution is -2.18. The van der Waals surface area contributed by atoms with E-state index in [2.05, 4.69) is 36.7 Å². The molecule has 0 aliphatic rings. The lowest BCUT2D eigenvalue weighted by atomic mass is 10.1. The number of phenolic OH excluding ortho intramolecular Hbond substituents is 1. The third-order valence-electron chi connectivity index (χ3n) is 4.16. The number of phenols is 1. The number of hydrogen-bond acceptors (Lipinski definition) is 7. The minimum absolute atomic E-state index is 0.0170. The second-order valence-electron chi connectivity index (χ2n) is 5.99. The third kappa shape index (κ3) is 4.54. The molecular formula is C20H19BrN4O5. The number of aromatic nitrogens is 2. The van der Waals surface area contributed by atoms with E-state index in [9.17, 15) is 9.90 Å². The molecule has 0 unspecified atom stereocenters. The van der Waals surface area contributed by atoms with Gasteiger partial charge in [0.15, 0.2) is 11.5 Å². The number of ether oxygens (including phenoxy) is 3. The first-order valence-electron chi connectivity index (χ1n) is 8.64. The first-order chi connectivity index (χ1) is 14.5. The van der Waals surface area contributed by atoms with Crippen LogP contribution < -0.4 is 19.6 Å². The van der Waals surface area contributed by atoms with E-state index in [4.69, 9.17) is 14.2 Å². The molecule has 0 aliphatic heterocycles. The van der Waals surface area contributed by atoms with Crippen LogP contribution >= 0.6 is 15.9 Å². The summed E-state index contributed by atoms with van der Waals surface area (Å²) >= 11 is 3.23. The summed E-state index contributed by atoms with van der Waals surface area (Å²) in [5.41, 5.74) is 4.45. The van der Waals surface area contributed by atoms with Crippen LogP contribution in [0.5, 0.6) is 23.0 Å². The molecule has 9 nitrogen and oxygen atoms in total. The van der Waals surface area contributed by atoms with Crippen molar-refractivity contribution in [2.24, 2.45) is 5.10 Å². The fraction of sp³-hybridized carbons (Fsp3) is 0.150. The number of benzene rings is 2. The summed E-state index contributed by atoms with van der Waals surface area (Å²) in [4.78, 5) is 12.4. The molecule has 3 N–H and O–H groups in total. The standard InChI is InChI=1S/C20H19BrN4O5/c1-28-12-4-5-17(29-2)13(8-12)15-9-16(24-23-15)20(27)25-22-10-11-6-14(21)19(26)18(7-11)30-3/h4-10,26H,1-3H3,(H,23,24)(H,25,27). The molecule has 0 saturated heterocycles. The van der Waals surface area contributed by atoms with Crippen LogP contribution in [0.25, 0.3) is 11.3 Å². The van der Waals surface area contributed by atoms with Crippen LogP contribution in [0.4, 0.5) is 0 Å². The van der Waals surface area contributed by atoms with Gasteiger partial charge in [-0.2, -0.15) is 10.2 Å². The first kappa shape index (κ1) is 21.2. The molecule has 10 heteroatoms. The molecule has 1 heterocycles. The predicted octanol–water partition coefficient (Wildman–Crippen LogP) is 3.33. The largest absolute Gasteiger partial charge is 0.503 e. The van der Waals surface area contributed by atoms with Crippen LogP contribution in [0.1, 0.15) is 16.1 Å². The molecule has 0 fully saturated rings. The molecule has 1 amide bonds. The normalized spacial score (nSPS) is 10.8. The Hall–Kier alpha value is -3.53. The van der Waals surface area contributed by atoms with E-state index in [-0.39, 0.29) is 17.2 Å². The molecule has 3 rings (SSSR count). The van der Waals surface area contributed by atoms with E-state index >= 15 is 0 Å². The van der Waals surface area contributed by atoms with Crippen LogP contribution in [0, 0.1) is 0 Å². The van der Waals surface area contributed by atoms with Crippen LogP contribution in [-0.4, -0.2) is 48.8 Å². The van der Waals surface area contributed by atoms with Crippen molar-refractivity contribution < 1.29 is 24.1 Å². The summed E-state index contributed by atoms with van der Waals surface area (Å²) in [6, 6.07) is 10.1. The van der Waals surface area contributed by atoms with Crippen molar-refractivity contribution in [1.29, 1.82) is 0 Å². The smallest absolute Gasteiger partial charge is 0.289 e. The Bertz CT molecular complexity index is 1100. The molecule has 3 aromatic rings. The number of halogens is 1. The summed E-state index contributed by atoms with van der Waals surface area (Å²) in [6.07, 6.45) is 1.42. The maximum absolute atomic E-state index is 12.4. The lowest BCUT2D eigenvalue weighted by molar-refractivity contribution is 0.0950. The van der Waals surface area contributed by atoms with E-state index in [1.807, 2.05) is 0 Å². The second kappa shape index (κ2) is 9.31. The molecular weight excluding hydrogens is 456 g/mol.